The summed E-state index contributed by atoms with van der Waals surface area (Å²) in [6.07, 6.45) is 1.53. The Balaban J connectivity index is 1.64. The van der Waals surface area contributed by atoms with Crippen molar-refractivity contribution >= 4 is 46.6 Å². The normalized spacial score (nSPS) is 11.3. The summed E-state index contributed by atoms with van der Waals surface area (Å²) in [7, 11) is 1.47. The van der Waals surface area contributed by atoms with Crippen molar-refractivity contribution in [2.24, 2.45) is 10.9 Å². The average Bonchev–Trinajstić information content (AvgIpc) is 3.22. The highest BCUT2D eigenvalue weighted by Crippen LogP contribution is 2.31. The van der Waals surface area contributed by atoms with Crippen LogP contribution in [0.5, 0.6) is 11.5 Å². The summed E-state index contributed by atoms with van der Waals surface area (Å²) in [4.78, 5) is 17.1. The van der Waals surface area contributed by atoms with Crippen molar-refractivity contribution in [3.8, 4) is 11.5 Å². The van der Waals surface area contributed by atoms with Gasteiger partial charge in [0, 0.05) is 11.2 Å². The largest absolute Gasteiger partial charge is 0.496 e. The van der Waals surface area contributed by atoms with E-state index in [0.29, 0.717) is 27.1 Å². The van der Waals surface area contributed by atoms with E-state index in [2.05, 4.69) is 10.3 Å². The summed E-state index contributed by atoms with van der Waals surface area (Å²) in [5.74, 6) is -0.0750. The number of carbonyl (C=O) groups is 1. The summed E-state index contributed by atoms with van der Waals surface area (Å²) in [6.45, 7) is -0.00153. The van der Waals surface area contributed by atoms with E-state index in [1.807, 2.05) is 0 Å². The van der Waals surface area contributed by atoms with Crippen molar-refractivity contribution in [2.75, 3.05) is 7.11 Å². The summed E-state index contributed by atoms with van der Waals surface area (Å²) in [6, 6.07) is 11.2. The number of rotatable bonds is 7. The molecule has 8 nitrogen and oxygen atoms in total. The summed E-state index contributed by atoms with van der Waals surface area (Å²) < 4.78 is 12.1. The SMILES string of the molecule is COc1ccc(Cl)cc1/C(N)=N/OC(=O)c1ccn(COc2cccc(Cl)c2Cl)n1. The van der Waals surface area contributed by atoms with Crippen LogP contribution in [0, 0.1) is 0 Å². The van der Waals surface area contributed by atoms with Gasteiger partial charge in [-0.15, -0.1) is 0 Å². The average molecular weight is 470 g/mol. The molecular weight excluding hydrogens is 455 g/mol. The van der Waals surface area contributed by atoms with E-state index in [1.165, 1.54) is 24.1 Å². The number of amidine groups is 1. The predicted molar refractivity (Wildman–Crippen MR) is 113 cm³/mol. The molecule has 0 bridgehead atoms. The number of ether oxygens (including phenoxy) is 2. The number of nitrogens with two attached hydrogens (primary N) is 1. The quantitative estimate of drug-likeness (QED) is 0.239. The third-order valence-corrected chi connectivity index (χ3v) is 4.82. The van der Waals surface area contributed by atoms with Crippen LogP contribution in [0.2, 0.25) is 15.1 Å². The Morgan fingerprint density at radius 3 is 2.73 bits per heavy atom. The summed E-state index contributed by atoms with van der Waals surface area (Å²) in [5.41, 5.74) is 6.26. The Morgan fingerprint density at radius 2 is 1.97 bits per heavy atom. The number of benzene rings is 2. The molecule has 1 heterocycles. The van der Waals surface area contributed by atoms with Crippen LogP contribution in [0.15, 0.2) is 53.8 Å². The smallest absolute Gasteiger partial charge is 0.385 e. The van der Waals surface area contributed by atoms with Gasteiger partial charge in [0.15, 0.2) is 18.3 Å². The molecule has 0 aliphatic carbocycles. The van der Waals surface area contributed by atoms with Crippen LogP contribution in [0.25, 0.3) is 0 Å². The molecule has 0 radical (unpaired) electrons. The minimum atomic E-state index is -0.807. The number of oxime groups is 1. The first-order chi connectivity index (χ1) is 14.4. The number of halogens is 3. The lowest BCUT2D eigenvalue weighted by atomic mass is 10.2. The first-order valence-corrected chi connectivity index (χ1v) is 9.51. The highest BCUT2D eigenvalue weighted by molar-refractivity contribution is 6.42. The molecule has 0 aliphatic heterocycles. The second-order valence-electron chi connectivity index (χ2n) is 5.77. The molecule has 2 N–H and O–H groups in total. The first kappa shape index (κ1) is 21.8. The monoisotopic (exact) mass is 468 g/mol. The highest BCUT2D eigenvalue weighted by Gasteiger charge is 2.14. The van der Waals surface area contributed by atoms with E-state index in [0.717, 1.165) is 0 Å². The molecule has 3 rings (SSSR count). The molecule has 0 saturated heterocycles. The molecule has 0 aliphatic rings. The fraction of sp³-hybridized carbons (Fsp3) is 0.105. The van der Waals surface area contributed by atoms with Crippen molar-refractivity contribution in [1.82, 2.24) is 9.78 Å². The van der Waals surface area contributed by atoms with E-state index in [1.54, 1.807) is 36.4 Å². The van der Waals surface area contributed by atoms with Gasteiger partial charge in [-0.05, 0) is 36.4 Å². The second-order valence-corrected chi connectivity index (χ2v) is 6.99. The van der Waals surface area contributed by atoms with Gasteiger partial charge in [-0.3, -0.25) is 0 Å². The summed E-state index contributed by atoms with van der Waals surface area (Å²) in [5, 5.41) is 8.77. The number of nitrogens with zero attached hydrogens (tertiary/aromatic N) is 3. The van der Waals surface area contributed by atoms with Gasteiger partial charge in [-0.1, -0.05) is 46.0 Å². The van der Waals surface area contributed by atoms with Gasteiger partial charge < -0.3 is 20.0 Å². The number of aromatic nitrogens is 2. The lowest BCUT2D eigenvalue weighted by Gasteiger charge is -2.08. The molecule has 0 atom stereocenters. The van der Waals surface area contributed by atoms with Crippen LogP contribution in [0.3, 0.4) is 0 Å². The minimum Gasteiger partial charge on any atom is -0.496 e. The lowest BCUT2D eigenvalue weighted by Crippen LogP contribution is -2.16. The molecule has 156 valence electrons. The Bertz CT molecular complexity index is 1100. The Kier molecular flexibility index (Phi) is 7.04. The predicted octanol–water partition coefficient (Wildman–Crippen LogP) is 4.37. The zero-order valence-corrected chi connectivity index (χ0v) is 17.8. The molecule has 0 fully saturated rings. The fourth-order valence-electron chi connectivity index (χ4n) is 2.34. The van der Waals surface area contributed by atoms with Crippen molar-refractivity contribution in [1.29, 1.82) is 0 Å². The van der Waals surface area contributed by atoms with Gasteiger partial charge in [0.25, 0.3) is 0 Å². The van der Waals surface area contributed by atoms with E-state index in [4.69, 9.17) is 54.8 Å². The van der Waals surface area contributed by atoms with Crippen LogP contribution in [-0.2, 0) is 11.6 Å². The van der Waals surface area contributed by atoms with Crippen LogP contribution in [0.1, 0.15) is 16.1 Å². The molecule has 3 aromatic rings. The maximum atomic E-state index is 12.2. The second kappa shape index (κ2) is 9.71. The number of carbonyl (C=O) groups excluding carboxylic acids is 1. The van der Waals surface area contributed by atoms with Crippen LogP contribution in [-0.4, -0.2) is 28.7 Å². The van der Waals surface area contributed by atoms with Gasteiger partial charge in [0.2, 0.25) is 0 Å². The molecule has 0 unspecified atom stereocenters. The van der Waals surface area contributed by atoms with Crippen molar-refractivity contribution in [3.63, 3.8) is 0 Å². The molecule has 0 spiro atoms. The fourth-order valence-corrected chi connectivity index (χ4v) is 2.86. The summed E-state index contributed by atoms with van der Waals surface area (Å²) >= 11 is 18.0. The van der Waals surface area contributed by atoms with Gasteiger partial charge in [0.1, 0.15) is 16.5 Å². The maximum absolute atomic E-state index is 12.2. The molecule has 0 amide bonds. The van der Waals surface area contributed by atoms with Crippen molar-refractivity contribution < 1.29 is 19.1 Å². The third-order valence-electron chi connectivity index (χ3n) is 3.78. The number of hydrogen-bond donors (Lipinski definition) is 1. The number of hydrogen-bond acceptors (Lipinski definition) is 6. The number of methoxy groups -OCH3 is 1. The van der Waals surface area contributed by atoms with Crippen LogP contribution < -0.4 is 15.2 Å². The van der Waals surface area contributed by atoms with E-state index in [-0.39, 0.29) is 23.3 Å². The standard InChI is InChI=1S/C19H15Cl3N4O4/c1-28-15-6-5-11(20)9-12(15)18(23)25-30-19(27)14-7-8-26(24-14)10-29-16-4-2-3-13(21)17(16)22/h2-9H,10H2,1H3,(H2,23,25). The lowest BCUT2D eigenvalue weighted by molar-refractivity contribution is 0.0507. The maximum Gasteiger partial charge on any atom is 0.385 e. The van der Waals surface area contributed by atoms with E-state index in [9.17, 15) is 4.79 Å². The third kappa shape index (κ3) is 5.15. The molecule has 0 saturated carbocycles. The van der Waals surface area contributed by atoms with Crippen LogP contribution in [0.4, 0.5) is 0 Å². The van der Waals surface area contributed by atoms with Gasteiger partial charge in [0.05, 0.1) is 17.7 Å². The Labute approximate surface area is 186 Å². The molecular formula is C19H15Cl3N4O4. The van der Waals surface area contributed by atoms with Crippen molar-refractivity contribution in [2.45, 2.75) is 6.73 Å². The van der Waals surface area contributed by atoms with Crippen LogP contribution >= 0.6 is 34.8 Å². The van der Waals surface area contributed by atoms with Crippen molar-refractivity contribution in [3.05, 3.63) is 75.0 Å². The topological polar surface area (TPSA) is 101 Å². The zero-order valence-electron chi connectivity index (χ0n) is 15.5. The van der Waals surface area contributed by atoms with Gasteiger partial charge >= 0.3 is 5.97 Å². The molecule has 2 aromatic carbocycles. The minimum absolute atomic E-state index is 0.00153. The Hall–Kier alpha value is -2.94. The molecule has 30 heavy (non-hydrogen) atoms. The molecule has 1 aromatic heterocycles. The highest BCUT2D eigenvalue weighted by atomic mass is 35.5. The molecule has 11 heteroatoms. The Morgan fingerprint density at radius 1 is 1.17 bits per heavy atom. The van der Waals surface area contributed by atoms with Gasteiger partial charge in [-0.2, -0.15) is 5.10 Å². The van der Waals surface area contributed by atoms with E-state index >= 15 is 0 Å². The van der Waals surface area contributed by atoms with Gasteiger partial charge in [-0.25, -0.2) is 9.48 Å². The first-order valence-electron chi connectivity index (χ1n) is 8.38. The zero-order chi connectivity index (χ0) is 21.7. The van der Waals surface area contributed by atoms with E-state index < -0.39 is 5.97 Å².